The SMILES string of the molecule is CCS(=O)(=O)NC[C@H](C)NCc1nc2ccc(C)cc2[nH]1. The fraction of sp³-hybridized carbons (Fsp3) is 0.500. The number of benzene rings is 1. The fourth-order valence-corrected chi connectivity index (χ4v) is 2.67. The molecule has 0 radical (unpaired) electrons. The standard InChI is InChI=1S/C14H22N4O2S/c1-4-21(19,20)16-8-11(3)15-9-14-17-12-6-5-10(2)7-13(12)18-14/h5-7,11,15-16H,4,8-9H2,1-3H3,(H,17,18)/t11-/m0/s1. The molecular weight excluding hydrogens is 288 g/mol. The Morgan fingerprint density at radius 1 is 1.38 bits per heavy atom. The maximum atomic E-state index is 11.4. The second-order valence-electron chi connectivity index (χ2n) is 5.24. The zero-order chi connectivity index (χ0) is 15.5. The van der Waals surface area contributed by atoms with Gasteiger partial charge in [-0.25, -0.2) is 18.1 Å². The van der Waals surface area contributed by atoms with E-state index in [9.17, 15) is 8.42 Å². The number of rotatable bonds is 7. The van der Waals surface area contributed by atoms with Crippen molar-refractivity contribution < 1.29 is 8.42 Å². The Morgan fingerprint density at radius 2 is 2.14 bits per heavy atom. The van der Waals surface area contributed by atoms with Crippen LogP contribution in [0.2, 0.25) is 0 Å². The number of hydrogen-bond donors (Lipinski definition) is 3. The Balaban J connectivity index is 1.89. The maximum absolute atomic E-state index is 11.4. The molecule has 0 bridgehead atoms. The normalized spacial score (nSPS) is 13.7. The molecule has 0 saturated heterocycles. The van der Waals surface area contributed by atoms with Gasteiger partial charge in [0.05, 0.1) is 23.3 Å². The molecule has 21 heavy (non-hydrogen) atoms. The van der Waals surface area contributed by atoms with Crippen LogP contribution in [0.3, 0.4) is 0 Å². The lowest BCUT2D eigenvalue weighted by molar-refractivity contribution is 0.518. The lowest BCUT2D eigenvalue weighted by atomic mass is 10.2. The molecule has 0 fully saturated rings. The van der Waals surface area contributed by atoms with E-state index in [-0.39, 0.29) is 11.8 Å². The predicted molar refractivity (Wildman–Crippen MR) is 84.6 cm³/mol. The highest BCUT2D eigenvalue weighted by atomic mass is 32.2. The van der Waals surface area contributed by atoms with Crippen LogP contribution in [0.1, 0.15) is 25.2 Å². The third-order valence-electron chi connectivity index (χ3n) is 3.29. The second-order valence-corrected chi connectivity index (χ2v) is 7.33. The van der Waals surface area contributed by atoms with Gasteiger partial charge in [0.25, 0.3) is 0 Å². The number of fused-ring (bicyclic) bond motifs is 1. The number of imidazole rings is 1. The number of aryl methyl sites for hydroxylation is 1. The van der Waals surface area contributed by atoms with Crippen molar-refractivity contribution in [3.05, 3.63) is 29.6 Å². The summed E-state index contributed by atoms with van der Waals surface area (Å²) in [6, 6.07) is 6.11. The number of H-pyrrole nitrogens is 1. The van der Waals surface area contributed by atoms with E-state index in [1.54, 1.807) is 6.92 Å². The number of sulfonamides is 1. The van der Waals surface area contributed by atoms with Gasteiger partial charge in [0.15, 0.2) is 0 Å². The molecule has 0 amide bonds. The highest BCUT2D eigenvalue weighted by Gasteiger charge is 2.10. The minimum Gasteiger partial charge on any atom is -0.341 e. The first-order valence-corrected chi connectivity index (χ1v) is 8.71. The molecule has 2 rings (SSSR count). The van der Waals surface area contributed by atoms with Crippen molar-refractivity contribution in [3.63, 3.8) is 0 Å². The monoisotopic (exact) mass is 310 g/mol. The molecule has 1 atom stereocenters. The van der Waals surface area contributed by atoms with Crippen LogP contribution in [0.5, 0.6) is 0 Å². The molecule has 1 aromatic heterocycles. The number of nitrogens with zero attached hydrogens (tertiary/aromatic N) is 1. The van der Waals surface area contributed by atoms with Gasteiger partial charge in [-0.2, -0.15) is 0 Å². The van der Waals surface area contributed by atoms with Crippen molar-refractivity contribution in [2.45, 2.75) is 33.4 Å². The molecule has 0 aliphatic rings. The lowest BCUT2D eigenvalue weighted by Gasteiger charge is -2.13. The Bertz CT molecular complexity index is 709. The first-order valence-electron chi connectivity index (χ1n) is 7.05. The molecule has 116 valence electrons. The van der Waals surface area contributed by atoms with E-state index in [2.05, 4.69) is 26.1 Å². The van der Waals surface area contributed by atoms with Crippen LogP contribution in [0.25, 0.3) is 11.0 Å². The van der Waals surface area contributed by atoms with Crippen LogP contribution in [-0.4, -0.2) is 36.7 Å². The van der Waals surface area contributed by atoms with E-state index in [1.165, 1.54) is 5.56 Å². The topological polar surface area (TPSA) is 86.9 Å². The smallest absolute Gasteiger partial charge is 0.211 e. The molecule has 0 saturated carbocycles. The molecule has 0 spiro atoms. The first-order chi connectivity index (χ1) is 9.89. The van der Waals surface area contributed by atoms with Gasteiger partial charge in [-0.05, 0) is 38.5 Å². The summed E-state index contributed by atoms with van der Waals surface area (Å²) < 4.78 is 25.3. The summed E-state index contributed by atoms with van der Waals surface area (Å²) in [4.78, 5) is 7.76. The maximum Gasteiger partial charge on any atom is 0.211 e. The molecule has 0 aliphatic heterocycles. The number of hydrogen-bond acceptors (Lipinski definition) is 4. The van der Waals surface area contributed by atoms with Gasteiger partial charge < -0.3 is 10.3 Å². The molecule has 6 nitrogen and oxygen atoms in total. The quantitative estimate of drug-likeness (QED) is 0.719. The summed E-state index contributed by atoms with van der Waals surface area (Å²) >= 11 is 0. The number of aromatic nitrogens is 2. The van der Waals surface area contributed by atoms with Gasteiger partial charge in [0, 0.05) is 12.6 Å². The van der Waals surface area contributed by atoms with Crippen molar-refractivity contribution >= 4 is 21.1 Å². The van der Waals surface area contributed by atoms with E-state index < -0.39 is 10.0 Å². The minimum absolute atomic E-state index is 0.0290. The average Bonchev–Trinajstić information content (AvgIpc) is 2.85. The van der Waals surface area contributed by atoms with Crippen LogP contribution in [0.4, 0.5) is 0 Å². The Hall–Kier alpha value is -1.44. The molecule has 1 aromatic carbocycles. The average molecular weight is 310 g/mol. The summed E-state index contributed by atoms with van der Waals surface area (Å²) in [5.41, 5.74) is 3.15. The molecule has 7 heteroatoms. The summed E-state index contributed by atoms with van der Waals surface area (Å²) in [5.74, 6) is 0.948. The van der Waals surface area contributed by atoms with Crippen LogP contribution < -0.4 is 10.0 Å². The summed E-state index contributed by atoms with van der Waals surface area (Å²) in [6.07, 6.45) is 0. The van der Waals surface area contributed by atoms with Crippen molar-refractivity contribution in [1.29, 1.82) is 0 Å². The Kier molecular flexibility index (Phi) is 4.97. The van der Waals surface area contributed by atoms with Gasteiger partial charge in [-0.15, -0.1) is 0 Å². The molecule has 0 aliphatic carbocycles. The summed E-state index contributed by atoms with van der Waals surface area (Å²) in [6.45, 7) is 6.54. The molecule has 3 N–H and O–H groups in total. The van der Waals surface area contributed by atoms with Crippen molar-refractivity contribution in [1.82, 2.24) is 20.0 Å². The third kappa shape index (κ3) is 4.52. The van der Waals surface area contributed by atoms with Gasteiger partial charge in [0.1, 0.15) is 5.82 Å². The van der Waals surface area contributed by atoms with Gasteiger partial charge in [-0.3, -0.25) is 0 Å². The molecule has 1 heterocycles. The van der Waals surface area contributed by atoms with Crippen LogP contribution >= 0.6 is 0 Å². The molecule has 0 unspecified atom stereocenters. The lowest BCUT2D eigenvalue weighted by Crippen LogP contribution is -2.39. The van der Waals surface area contributed by atoms with E-state index >= 15 is 0 Å². The number of aromatic amines is 1. The van der Waals surface area contributed by atoms with E-state index in [0.717, 1.165) is 16.9 Å². The van der Waals surface area contributed by atoms with Crippen LogP contribution in [-0.2, 0) is 16.6 Å². The van der Waals surface area contributed by atoms with Crippen LogP contribution in [0.15, 0.2) is 18.2 Å². The van der Waals surface area contributed by atoms with Crippen molar-refractivity contribution in [2.75, 3.05) is 12.3 Å². The highest BCUT2D eigenvalue weighted by molar-refractivity contribution is 7.89. The van der Waals surface area contributed by atoms with Gasteiger partial charge >= 0.3 is 0 Å². The Morgan fingerprint density at radius 3 is 2.86 bits per heavy atom. The van der Waals surface area contributed by atoms with Gasteiger partial charge in [-0.1, -0.05) is 6.07 Å². The van der Waals surface area contributed by atoms with Crippen LogP contribution in [0, 0.1) is 6.92 Å². The van der Waals surface area contributed by atoms with E-state index in [4.69, 9.17) is 0 Å². The molecule has 2 aromatic rings. The van der Waals surface area contributed by atoms with E-state index in [1.807, 2.05) is 26.0 Å². The largest absolute Gasteiger partial charge is 0.341 e. The Labute approximate surface area is 125 Å². The summed E-state index contributed by atoms with van der Waals surface area (Å²) in [7, 11) is -3.14. The van der Waals surface area contributed by atoms with E-state index in [0.29, 0.717) is 13.1 Å². The summed E-state index contributed by atoms with van der Waals surface area (Å²) in [5, 5.41) is 3.25. The zero-order valence-electron chi connectivity index (χ0n) is 12.6. The highest BCUT2D eigenvalue weighted by Crippen LogP contribution is 2.13. The predicted octanol–water partition coefficient (Wildman–Crippen LogP) is 1.29. The third-order valence-corrected chi connectivity index (χ3v) is 4.66. The molecular formula is C14H22N4O2S. The number of nitrogens with one attached hydrogen (secondary N) is 3. The minimum atomic E-state index is -3.14. The first kappa shape index (κ1) is 15.9. The zero-order valence-corrected chi connectivity index (χ0v) is 13.4. The van der Waals surface area contributed by atoms with Crippen molar-refractivity contribution in [3.8, 4) is 0 Å². The fourth-order valence-electron chi connectivity index (χ4n) is 1.96. The van der Waals surface area contributed by atoms with Crippen molar-refractivity contribution in [2.24, 2.45) is 0 Å². The van der Waals surface area contributed by atoms with Gasteiger partial charge in [0.2, 0.25) is 10.0 Å². The second kappa shape index (κ2) is 6.55.